The molecule has 1 saturated heterocycles. The third kappa shape index (κ3) is 6.06. The molecule has 4 rings (SSSR count). The lowest BCUT2D eigenvalue weighted by Crippen LogP contribution is -2.32. The molecular formula is C28H33N3O. The Morgan fingerprint density at radius 1 is 0.875 bits per heavy atom. The van der Waals surface area contributed by atoms with Crippen LogP contribution >= 0.6 is 0 Å². The molecule has 0 spiro atoms. The van der Waals surface area contributed by atoms with E-state index in [-0.39, 0.29) is 5.91 Å². The van der Waals surface area contributed by atoms with Gasteiger partial charge in [-0.15, -0.1) is 0 Å². The molecule has 2 N–H and O–H groups in total. The molecule has 0 unspecified atom stereocenters. The molecule has 1 aliphatic heterocycles. The third-order valence-corrected chi connectivity index (χ3v) is 6.02. The summed E-state index contributed by atoms with van der Waals surface area (Å²) in [5.74, 6) is -0.0492. The molecule has 3 aromatic carbocycles. The second-order valence-corrected chi connectivity index (χ2v) is 8.89. The van der Waals surface area contributed by atoms with Gasteiger partial charge in [0.05, 0.1) is 0 Å². The van der Waals surface area contributed by atoms with Crippen LogP contribution in [0.15, 0.2) is 72.8 Å². The first-order chi connectivity index (χ1) is 15.6. The number of amides is 1. The van der Waals surface area contributed by atoms with E-state index < -0.39 is 6.04 Å². The number of carbonyl (C=O) groups excluding carboxylic acids is 1. The van der Waals surface area contributed by atoms with Gasteiger partial charge in [-0.05, 0) is 79.7 Å². The SMILES string of the molecule is Cc1cc(C)cc(NC(=O)[C@H](NCc2ccc(CN3CCCC3)cc2)c2ccccc2)c1. The first-order valence-electron chi connectivity index (χ1n) is 11.5. The molecule has 0 bridgehead atoms. The number of carbonyl (C=O) groups is 1. The molecular weight excluding hydrogens is 394 g/mol. The van der Waals surface area contributed by atoms with E-state index in [4.69, 9.17) is 0 Å². The highest BCUT2D eigenvalue weighted by atomic mass is 16.2. The van der Waals surface area contributed by atoms with Gasteiger partial charge >= 0.3 is 0 Å². The minimum atomic E-state index is -0.429. The maximum atomic E-state index is 13.2. The Morgan fingerprint density at radius 3 is 2.16 bits per heavy atom. The molecule has 1 amide bonds. The lowest BCUT2D eigenvalue weighted by Gasteiger charge is -2.20. The van der Waals surface area contributed by atoms with E-state index in [0.29, 0.717) is 6.54 Å². The summed E-state index contributed by atoms with van der Waals surface area (Å²) in [6, 6.07) is 24.4. The molecule has 32 heavy (non-hydrogen) atoms. The highest BCUT2D eigenvalue weighted by Crippen LogP contribution is 2.20. The van der Waals surface area contributed by atoms with E-state index in [1.807, 2.05) is 56.3 Å². The number of likely N-dealkylation sites (tertiary alicyclic amines) is 1. The smallest absolute Gasteiger partial charge is 0.246 e. The minimum absolute atomic E-state index is 0.0492. The van der Waals surface area contributed by atoms with Crippen LogP contribution in [-0.2, 0) is 17.9 Å². The Bertz CT molecular complexity index is 1000. The van der Waals surface area contributed by atoms with Crippen molar-refractivity contribution in [2.24, 2.45) is 0 Å². The standard InChI is InChI=1S/C28H33N3O/c1-21-16-22(2)18-26(17-21)30-28(32)27(25-8-4-3-5-9-25)29-19-23-10-12-24(13-11-23)20-31-14-6-7-15-31/h3-5,8-13,16-18,27,29H,6-7,14-15,19-20H2,1-2H3,(H,30,32)/t27-/m1/s1. The van der Waals surface area contributed by atoms with Gasteiger partial charge in [0.25, 0.3) is 0 Å². The van der Waals surface area contributed by atoms with Crippen LogP contribution in [0.1, 0.15) is 46.7 Å². The number of anilines is 1. The second kappa shape index (κ2) is 10.6. The molecule has 1 atom stereocenters. The second-order valence-electron chi connectivity index (χ2n) is 8.89. The normalized spacial score (nSPS) is 14.9. The van der Waals surface area contributed by atoms with Crippen molar-refractivity contribution < 1.29 is 4.79 Å². The van der Waals surface area contributed by atoms with Crippen LogP contribution in [0.4, 0.5) is 5.69 Å². The number of rotatable bonds is 8. The molecule has 1 heterocycles. The Kier molecular flexibility index (Phi) is 7.35. The summed E-state index contributed by atoms with van der Waals surface area (Å²) >= 11 is 0. The Hall–Kier alpha value is -2.95. The van der Waals surface area contributed by atoms with E-state index in [2.05, 4.69) is 45.9 Å². The lowest BCUT2D eigenvalue weighted by atomic mass is 10.0. The van der Waals surface area contributed by atoms with Crippen LogP contribution < -0.4 is 10.6 Å². The summed E-state index contributed by atoms with van der Waals surface area (Å²) in [4.78, 5) is 15.7. The molecule has 0 aliphatic carbocycles. The van der Waals surface area contributed by atoms with Gasteiger partial charge in [-0.2, -0.15) is 0 Å². The first kappa shape index (κ1) is 22.3. The van der Waals surface area contributed by atoms with Gasteiger partial charge in [-0.1, -0.05) is 60.7 Å². The van der Waals surface area contributed by atoms with E-state index >= 15 is 0 Å². The van der Waals surface area contributed by atoms with Gasteiger partial charge in [0.2, 0.25) is 5.91 Å². The van der Waals surface area contributed by atoms with Crippen molar-refractivity contribution >= 4 is 11.6 Å². The Balaban J connectivity index is 1.43. The van der Waals surface area contributed by atoms with Gasteiger partial charge in [0.15, 0.2) is 0 Å². The van der Waals surface area contributed by atoms with Crippen LogP contribution in [0.3, 0.4) is 0 Å². The zero-order valence-electron chi connectivity index (χ0n) is 19.1. The van der Waals surface area contributed by atoms with Crippen molar-refractivity contribution in [3.05, 3.63) is 101 Å². The van der Waals surface area contributed by atoms with Crippen LogP contribution in [0, 0.1) is 13.8 Å². The van der Waals surface area contributed by atoms with Gasteiger partial charge in [-0.25, -0.2) is 0 Å². The fraction of sp³-hybridized carbons (Fsp3) is 0.321. The summed E-state index contributed by atoms with van der Waals surface area (Å²) in [6.45, 7) is 8.16. The van der Waals surface area contributed by atoms with Crippen molar-refractivity contribution in [2.75, 3.05) is 18.4 Å². The van der Waals surface area contributed by atoms with E-state index in [1.54, 1.807) is 0 Å². The van der Waals surface area contributed by atoms with Gasteiger partial charge < -0.3 is 5.32 Å². The van der Waals surface area contributed by atoms with Crippen LogP contribution in [0.25, 0.3) is 0 Å². The number of hydrogen-bond acceptors (Lipinski definition) is 3. The third-order valence-electron chi connectivity index (χ3n) is 6.02. The molecule has 1 fully saturated rings. The van der Waals surface area contributed by atoms with E-state index in [1.165, 1.54) is 37.1 Å². The van der Waals surface area contributed by atoms with Crippen LogP contribution in [-0.4, -0.2) is 23.9 Å². The van der Waals surface area contributed by atoms with Crippen LogP contribution in [0.5, 0.6) is 0 Å². The van der Waals surface area contributed by atoms with Gasteiger partial charge in [0.1, 0.15) is 6.04 Å². The zero-order valence-corrected chi connectivity index (χ0v) is 19.1. The molecule has 4 heteroatoms. The lowest BCUT2D eigenvalue weighted by molar-refractivity contribution is -0.118. The molecule has 1 aliphatic rings. The molecule has 4 nitrogen and oxygen atoms in total. The van der Waals surface area contributed by atoms with E-state index in [9.17, 15) is 4.79 Å². The minimum Gasteiger partial charge on any atom is -0.324 e. The number of nitrogens with one attached hydrogen (secondary N) is 2. The van der Waals surface area contributed by atoms with Crippen molar-refractivity contribution in [3.63, 3.8) is 0 Å². The van der Waals surface area contributed by atoms with E-state index in [0.717, 1.165) is 28.9 Å². The maximum Gasteiger partial charge on any atom is 0.246 e. The predicted molar refractivity (Wildman–Crippen MR) is 132 cm³/mol. The first-order valence-corrected chi connectivity index (χ1v) is 11.5. The topological polar surface area (TPSA) is 44.4 Å². The molecule has 0 aromatic heterocycles. The highest BCUT2D eigenvalue weighted by molar-refractivity contribution is 5.95. The summed E-state index contributed by atoms with van der Waals surface area (Å²) < 4.78 is 0. The monoisotopic (exact) mass is 427 g/mol. The largest absolute Gasteiger partial charge is 0.324 e. The quantitative estimate of drug-likeness (QED) is 0.508. The van der Waals surface area contributed by atoms with Gasteiger partial charge in [-0.3, -0.25) is 15.0 Å². The number of hydrogen-bond donors (Lipinski definition) is 2. The van der Waals surface area contributed by atoms with Crippen molar-refractivity contribution in [3.8, 4) is 0 Å². The van der Waals surface area contributed by atoms with Crippen molar-refractivity contribution in [2.45, 2.75) is 45.8 Å². The fourth-order valence-electron chi connectivity index (χ4n) is 4.45. The zero-order chi connectivity index (χ0) is 22.3. The summed E-state index contributed by atoms with van der Waals surface area (Å²) in [6.07, 6.45) is 2.63. The van der Waals surface area contributed by atoms with Crippen molar-refractivity contribution in [1.82, 2.24) is 10.2 Å². The molecule has 0 saturated carbocycles. The summed E-state index contributed by atoms with van der Waals surface area (Å²) in [5, 5.41) is 6.57. The molecule has 166 valence electrons. The predicted octanol–water partition coefficient (Wildman–Crippen LogP) is 5.37. The number of aryl methyl sites for hydroxylation is 2. The number of benzene rings is 3. The summed E-state index contributed by atoms with van der Waals surface area (Å²) in [7, 11) is 0. The van der Waals surface area contributed by atoms with Crippen molar-refractivity contribution in [1.29, 1.82) is 0 Å². The average molecular weight is 428 g/mol. The number of nitrogens with zero attached hydrogens (tertiary/aromatic N) is 1. The maximum absolute atomic E-state index is 13.2. The van der Waals surface area contributed by atoms with Crippen LogP contribution in [0.2, 0.25) is 0 Å². The Morgan fingerprint density at radius 2 is 1.50 bits per heavy atom. The highest BCUT2D eigenvalue weighted by Gasteiger charge is 2.20. The summed E-state index contributed by atoms with van der Waals surface area (Å²) in [5.41, 5.74) is 6.59. The average Bonchev–Trinajstić information content (AvgIpc) is 3.28. The molecule has 0 radical (unpaired) electrons. The molecule has 3 aromatic rings. The van der Waals surface area contributed by atoms with Gasteiger partial charge in [0, 0.05) is 18.8 Å². The Labute approximate surface area is 191 Å². The fourth-order valence-corrected chi connectivity index (χ4v) is 4.45.